The van der Waals surface area contributed by atoms with Crippen molar-refractivity contribution < 1.29 is 31.8 Å². The van der Waals surface area contributed by atoms with Gasteiger partial charge < -0.3 is 9.47 Å². The predicted molar refractivity (Wildman–Crippen MR) is 123 cm³/mol. The van der Waals surface area contributed by atoms with Gasteiger partial charge in [-0.3, -0.25) is 9.36 Å². The zero-order chi connectivity index (χ0) is 25.7. The highest BCUT2D eigenvalue weighted by Gasteiger charge is 2.56. The number of halogens is 4. The van der Waals surface area contributed by atoms with Crippen molar-refractivity contribution >= 4 is 5.97 Å². The van der Waals surface area contributed by atoms with Crippen molar-refractivity contribution in [3.63, 3.8) is 0 Å². The van der Waals surface area contributed by atoms with Crippen LogP contribution in [0.5, 0.6) is 0 Å². The summed E-state index contributed by atoms with van der Waals surface area (Å²) in [5, 5.41) is 0. The Balaban J connectivity index is 1.49. The van der Waals surface area contributed by atoms with E-state index in [0.29, 0.717) is 31.6 Å². The lowest BCUT2D eigenvalue weighted by molar-refractivity contribution is -0.147. The summed E-state index contributed by atoms with van der Waals surface area (Å²) in [4.78, 5) is 16.3. The van der Waals surface area contributed by atoms with Crippen LogP contribution in [-0.2, 0) is 20.4 Å². The number of hydrogen-bond donors (Lipinski definition) is 0. The highest BCUT2D eigenvalue weighted by molar-refractivity contribution is 5.74. The standard InChI is InChI=1S/C27H26F4N2O3/c1-16-3-8-20(33-15-32-13-23(33)27(29,30)31)11-22(16)18-12-26(36-14-18)10-9-21(25(34)35-2)24(26)17-4-6-19(28)7-5-17/h3-8,11,13,15,18,21,24H,9-10,12,14H2,1-2H3. The monoisotopic (exact) mass is 502 g/mol. The smallest absolute Gasteiger partial charge is 0.433 e. The van der Waals surface area contributed by atoms with Gasteiger partial charge in [0.1, 0.15) is 11.5 Å². The van der Waals surface area contributed by atoms with Crippen molar-refractivity contribution in [3.05, 3.63) is 83.2 Å². The van der Waals surface area contributed by atoms with E-state index in [1.165, 1.54) is 19.2 Å². The molecule has 1 aromatic heterocycles. The lowest BCUT2D eigenvalue weighted by Crippen LogP contribution is -2.35. The van der Waals surface area contributed by atoms with Gasteiger partial charge in [-0.2, -0.15) is 13.2 Å². The molecule has 4 unspecified atom stereocenters. The van der Waals surface area contributed by atoms with E-state index in [1.807, 2.05) is 6.92 Å². The number of ether oxygens (including phenoxy) is 2. The predicted octanol–water partition coefficient (Wildman–Crippen LogP) is 5.95. The molecule has 1 saturated carbocycles. The van der Waals surface area contributed by atoms with Gasteiger partial charge in [-0.15, -0.1) is 0 Å². The molecule has 190 valence electrons. The molecule has 5 rings (SSSR count). The van der Waals surface area contributed by atoms with Crippen LogP contribution in [0.1, 0.15) is 53.5 Å². The summed E-state index contributed by atoms with van der Waals surface area (Å²) in [7, 11) is 1.35. The van der Waals surface area contributed by atoms with E-state index >= 15 is 0 Å². The topological polar surface area (TPSA) is 53.4 Å². The first-order chi connectivity index (χ1) is 17.1. The summed E-state index contributed by atoms with van der Waals surface area (Å²) >= 11 is 0. The summed E-state index contributed by atoms with van der Waals surface area (Å²) in [6, 6.07) is 11.3. The Bertz CT molecular complexity index is 1270. The van der Waals surface area contributed by atoms with Crippen molar-refractivity contribution in [2.45, 2.75) is 49.8 Å². The first-order valence-electron chi connectivity index (χ1n) is 11.8. The SMILES string of the molecule is COC(=O)C1CCC2(CC(c3cc(-n4cncc4C(F)(F)F)ccc3C)CO2)C1c1ccc(F)cc1. The third-order valence-corrected chi connectivity index (χ3v) is 7.65. The fourth-order valence-corrected chi connectivity index (χ4v) is 6.02. The van der Waals surface area contributed by atoms with Gasteiger partial charge in [0, 0.05) is 17.5 Å². The van der Waals surface area contributed by atoms with Crippen molar-refractivity contribution in [2.75, 3.05) is 13.7 Å². The molecule has 3 aromatic rings. The second-order valence-corrected chi connectivity index (χ2v) is 9.66. The van der Waals surface area contributed by atoms with Crippen molar-refractivity contribution in [1.29, 1.82) is 0 Å². The molecule has 2 fully saturated rings. The molecule has 9 heteroatoms. The molecule has 4 atom stereocenters. The highest BCUT2D eigenvalue weighted by atomic mass is 19.4. The second kappa shape index (κ2) is 9.03. The Morgan fingerprint density at radius 1 is 1.19 bits per heavy atom. The van der Waals surface area contributed by atoms with Gasteiger partial charge in [-0.05, 0) is 67.1 Å². The normalized spacial score (nSPS) is 26.0. The minimum atomic E-state index is -4.53. The Kier molecular flexibility index (Phi) is 6.14. The third-order valence-electron chi connectivity index (χ3n) is 7.65. The van der Waals surface area contributed by atoms with E-state index in [1.54, 1.807) is 30.3 Å². The maximum absolute atomic E-state index is 13.6. The van der Waals surface area contributed by atoms with E-state index in [0.717, 1.165) is 33.8 Å². The van der Waals surface area contributed by atoms with Gasteiger partial charge in [0.15, 0.2) is 0 Å². The molecule has 1 aliphatic heterocycles. The van der Waals surface area contributed by atoms with Crippen LogP contribution in [0, 0.1) is 18.7 Å². The molecule has 0 radical (unpaired) electrons. The van der Waals surface area contributed by atoms with Gasteiger partial charge in [0.05, 0.1) is 37.8 Å². The summed E-state index contributed by atoms with van der Waals surface area (Å²) < 4.78 is 66.6. The van der Waals surface area contributed by atoms with Crippen molar-refractivity contribution in [3.8, 4) is 5.69 Å². The molecule has 2 aliphatic rings. The number of imidazole rings is 1. The summed E-state index contributed by atoms with van der Waals surface area (Å²) in [5.74, 6) is -1.51. The number of esters is 1. The van der Waals surface area contributed by atoms with E-state index in [4.69, 9.17) is 9.47 Å². The maximum Gasteiger partial charge on any atom is 0.433 e. The molecule has 2 aromatic carbocycles. The average molecular weight is 503 g/mol. The Morgan fingerprint density at radius 3 is 2.64 bits per heavy atom. The highest BCUT2D eigenvalue weighted by Crippen LogP contribution is 2.57. The van der Waals surface area contributed by atoms with Crippen molar-refractivity contribution in [1.82, 2.24) is 9.55 Å². The van der Waals surface area contributed by atoms with Gasteiger partial charge in [-0.1, -0.05) is 18.2 Å². The molecule has 1 aliphatic carbocycles. The van der Waals surface area contributed by atoms with Crippen LogP contribution >= 0.6 is 0 Å². The summed E-state index contributed by atoms with van der Waals surface area (Å²) in [6.45, 7) is 2.29. The Morgan fingerprint density at radius 2 is 1.94 bits per heavy atom. The number of rotatable bonds is 4. The fourth-order valence-electron chi connectivity index (χ4n) is 6.02. The van der Waals surface area contributed by atoms with E-state index in [-0.39, 0.29) is 23.6 Å². The zero-order valence-electron chi connectivity index (χ0n) is 19.9. The van der Waals surface area contributed by atoms with Crippen LogP contribution in [-0.4, -0.2) is 34.8 Å². The third kappa shape index (κ3) is 4.19. The van der Waals surface area contributed by atoms with E-state index in [2.05, 4.69) is 4.98 Å². The quantitative estimate of drug-likeness (QED) is 0.327. The van der Waals surface area contributed by atoms with Crippen LogP contribution in [0.25, 0.3) is 5.69 Å². The Labute approximate surface area is 206 Å². The number of benzene rings is 2. The lowest BCUT2D eigenvalue weighted by atomic mass is 9.76. The molecule has 2 heterocycles. The first kappa shape index (κ1) is 24.5. The fraction of sp³-hybridized carbons (Fsp3) is 0.407. The van der Waals surface area contributed by atoms with Crippen molar-refractivity contribution in [2.24, 2.45) is 5.92 Å². The van der Waals surface area contributed by atoms with Gasteiger partial charge >= 0.3 is 12.1 Å². The van der Waals surface area contributed by atoms with Gasteiger partial charge in [-0.25, -0.2) is 9.37 Å². The minimum Gasteiger partial charge on any atom is -0.469 e. The van der Waals surface area contributed by atoms with E-state index < -0.39 is 23.4 Å². The molecular formula is C27H26F4N2O3. The second-order valence-electron chi connectivity index (χ2n) is 9.66. The summed E-state index contributed by atoms with van der Waals surface area (Å²) in [5.41, 5.74) is 1.52. The molecule has 1 spiro atoms. The van der Waals surface area contributed by atoms with Gasteiger partial charge in [0.2, 0.25) is 0 Å². The van der Waals surface area contributed by atoms with Crippen LogP contribution in [0.15, 0.2) is 55.0 Å². The number of aromatic nitrogens is 2. The number of alkyl halides is 3. The number of hydrogen-bond acceptors (Lipinski definition) is 4. The average Bonchev–Trinajstić information content (AvgIpc) is 3.59. The molecule has 36 heavy (non-hydrogen) atoms. The van der Waals surface area contributed by atoms with E-state index in [9.17, 15) is 22.4 Å². The van der Waals surface area contributed by atoms with Crippen LogP contribution in [0.4, 0.5) is 17.6 Å². The number of methoxy groups -OCH3 is 1. The van der Waals surface area contributed by atoms with Gasteiger partial charge in [0.25, 0.3) is 0 Å². The number of carbonyl (C=O) groups excluding carboxylic acids is 1. The number of aryl methyl sites for hydroxylation is 1. The minimum absolute atomic E-state index is 0.0813. The van der Waals surface area contributed by atoms with Crippen LogP contribution < -0.4 is 0 Å². The molecule has 0 amide bonds. The van der Waals surface area contributed by atoms with Crippen LogP contribution in [0.2, 0.25) is 0 Å². The maximum atomic E-state index is 13.6. The van der Waals surface area contributed by atoms with Crippen LogP contribution in [0.3, 0.4) is 0 Å². The molecule has 1 saturated heterocycles. The largest absolute Gasteiger partial charge is 0.469 e. The summed E-state index contributed by atoms with van der Waals surface area (Å²) in [6.07, 6.45) is -0.771. The number of carbonyl (C=O) groups is 1. The molecule has 0 N–H and O–H groups in total. The molecule has 5 nitrogen and oxygen atoms in total. The Hall–Kier alpha value is -3.20. The lowest BCUT2D eigenvalue weighted by Gasteiger charge is -2.33. The molecular weight excluding hydrogens is 476 g/mol. The number of nitrogens with zero attached hydrogens (tertiary/aromatic N) is 2. The zero-order valence-corrected chi connectivity index (χ0v) is 19.9. The molecule has 0 bridgehead atoms. The first-order valence-corrected chi connectivity index (χ1v) is 11.8.